The summed E-state index contributed by atoms with van der Waals surface area (Å²) in [5.41, 5.74) is 0.577. The predicted molar refractivity (Wildman–Crippen MR) is 93.0 cm³/mol. The van der Waals surface area contributed by atoms with Crippen molar-refractivity contribution >= 4 is 42.8 Å². The maximum absolute atomic E-state index is 12.3. The van der Waals surface area contributed by atoms with Gasteiger partial charge in [0.25, 0.3) is 5.56 Å². The molecule has 2 heterocycles. The third kappa shape index (κ3) is 3.42. The standard InChI is InChI=1S/C15H17Br2N3O2/c1-8-5-20(6-9(2)22-8)7-13-18-14-11(15(21)19-13)3-10(16)4-12(14)17/h3-4,8-9H,5-7H2,1-2H3,(H,18,19,21)/t8-,9+. The number of H-pyrrole nitrogens is 1. The van der Waals surface area contributed by atoms with Crippen LogP contribution in [0.4, 0.5) is 0 Å². The molecule has 2 atom stereocenters. The van der Waals surface area contributed by atoms with Crippen LogP contribution in [0.5, 0.6) is 0 Å². The molecule has 1 aromatic carbocycles. The zero-order valence-corrected chi connectivity index (χ0v) is 15.6. The molecule has 1 aromatic heterocycles. The van der Waals surface area contributed by atoms with Crippen LogP contribution in [0.1, 0.15) is 19.7 Å². The third-order valence-electron chi connectivity index (χ3n) is 3.65. The first-order valence-corrected chi connectivity index (χ1v) is 8.76. The van der Waals surface area contributed by atoms with Crippen molar-refractivity contribution in [3.05, 3.63) is 37.3 Å². The zero-order valence-electron chi connectivity index (χ0n) is 12.4. The maximum atomic E-state index is 12.3. The molecule has 0 bridgehead atoms. The van der Waals surface area contributed by atoms with E-state index in [0.29, 0.717) is 23.3 Å². The maximum Gasteiger partial charge on any atom is 0.258 e. The Morgan fingerprint density at radius 1 is 1.32 bits per heavy atom. The fraction of sp³-hybridized carbons (Fsp3) is 0.467. The molecular formula is C15H17Br2N3O2. The second kappa shape index (κ2) is 6.39. The number of ether oxygens (including phenoxy) is 1. The first kappa shape index (κ1) is 16.1. The molecule has 22 heavy (non-hydrogen) atoms. The summed E-state index contributed by atoms with van der Waals surface area (Å²) in [6, 6.07) is 3.69. The van der Waals surface area contributed by atoms with Crippen molar-refractivity contribution in [2.75, 3.05) is 13.1 Å². The molecule has 1 fully saturated rings. The Labute approximate surface area is 145 Å². The second-order valence-electron chi connectivity index (χ2n) is 5.75. The number of hydrogen-bond acceptors (Lipinski definition) is 4. The van der Waals surface area contributed by atoms with Crippen LogP contribution in [0.3, 0.4) is 0 Å². The van der Waals surface area contributed by atoms with Crippen LogP contribution in [-0.4, -0.2) is 40.2 Å². The second-order valence-corrected chi connectivity index (χ2v) is 7.52. The number of hydrogen-bond donors (Lipinski definition) is 1. The summed E-state index contributed by atoms with van der Waals surface area (Å²) >= 11 is 6.88. The highest BCUT2D eigenvalue weighted by molar-refractivity contribution is 9.11. The van der Waals surface area contributed by atoms with Crippen LogP contribution in [0.25, 0.3) is 10.9 Å². The number of morpholine rings is 1. The Morgan fingerprint density at radius 2 is 2.00 bits per heavy atom. The largest absolute Gasteiger partial charge is 0.373 e. The Morgan fingerprint density at radius 3 is 2.68 bits per heavy atom. The lowest BCUT2D eigenvalue weighted by molar-refractivity contribution is -0.0710. The lowest BCUT2D eigenvalue weighted by Gasteiger charge is -2.34. The summed E-state index contributed by atoms with van der Waals surface area (Å²) in [6.07, 6.45) is 0.386. The fourth-order valence-electron chi connectivity index (χ4n) is 2.91. The number of benzene rings is 1. The fourth-order valence-corrected chi connectivity index (χ4v) is 4.23. The summed E-state index contributed by atoms with van der Waals surface area (Å²) in [5.74, 6) is 0.682. The highest BCUT2D eigenvalue weighted by Gasteiger charge is 2.23. The average molecular weight is 431 g/mol. The Hall–Kier alpha value is -0.760. The number of aromatic amines is 1. The molecule has 3 rings (SSSR count). The molecular weight excluding hydrogens is 414 g/mol. The van der Waals surface area contributed by atoms with Gasteiger partial charge < -0.3 is 9.72 Å². The molecule has 0 radical (unpaired) electrons. The Bertz CT molecular complexity index is 752. The minimum atomic E-state index is -0.114. The van der Waals surface area contributed by atoms with Gasteiger partial charge in [-0.25, -0.2) is 4.98 Å². The zero-order chi connectivity index (χ0) is 15.9. The Kier molecular flexibility index (Phi) is 4.68. The van der Waals surface area contributed by atoms with E-state index in [9.17, 15) is 4.79 Å². The van der Waals surface area contributed by atoms with E-state index in [2.05, 4.69) is 60.6 Å². The lowest BCUT2D eigenvalue weighted by atomic mass is 10.2. The predicted octanol–water partition coefficient (Wildman–Crippen LogP) is 3.06. The monoisotopic (exact) mass is 429 g/mol. The number of nitrogens with one attached hydrogen (secondary N) is 1. The SMILES string of the molecule is C[C@@H]1CN(Cc2nc3c(Br)cc(Br)cc3c(=O)[nH]2)C[C@H](C)O1. The van der Waals surface area contributed by atoms with E-state index in [-0.39, 0.29) is 17.8 Å². The van der Waals surface area contributed by atoms with Gasteiger partial charge >= 0.3 is 0 Å². The molecule has 118 valence electrons. The molecule has 5 nitrogen and oxygen atoms in total. The van der Waals surface area contributed by atoms with Gasteiger partial charge in [-0.2, -0.15) is 0 Å². The third-order valence-corrected chi connectivity index (χ3v) is 4.71. The van der Waals surface area contributed by atoms with Crippen LogP contribution >= 0.6 is 31.9 Å². The summed E-state index contributed by atoms with van der Waals surface area (Å²) < 4.78 is 7.40. The minimum Gasteiger partial charge on any atom is -0.373 e. The van der Waals surface area contributed by atoms with Crippen LogP contribution in [0, 0.1) is 0 Å². The van der Waals surface area contributed by atoms with Crippen molar-refractivity contribution < 1.29 is 4.74 Å². The highest BCUT2D eigenvalue weighted by Crippen LogP contribution is 2.25. The molecule has 2 aromatic rings. The molecule has 0 aliphatic carbocycles. The summed E-state index contributed by atoms with van der Waals surface area (Å²) in [6.45, 7) is 6.42. The van der Waals surface area contributed by atoms with Crippen LogP contribution < -0.4 is 5.56 Å². The van der Waals surface area contributed by atoms with E-state index in [4.69, 9.17) is 4.74 Å². The first-order chi connectivity index (χ1) is 10.4. The Balaban J connectivity index is 1.93. The minimum absolute atomic E-state index is 0.114. The van der Waals surface area contributed by atoms with Crippen molar-refractivity contribution in [2.24, 2.45) is 0 Å². The van der Waals surface area contributed by atoms with Gasteiger partial charge in [-0.15, -0.1) is 0 Å². The normalized spacial score (nSPS) is 23.1. The van der Waals surface area contributed by atoms with Gasteiger partial charge in [0.15, 0.2) is 0 Å². The van der Waals surface area contributed by atoms with E-state index < -0.39 is 0 Å². The topological polar surface area (TPSA) is 58.2 Å². The van der Waals surface area contributed by atoms with Crippen molar-refractivity contribution in [2.45, 2.75) is 32.6 Å². The van der Waals surface area contributed by atoms with E-state index >= 15 is 0 Å². The molecule has 1 saturated heterocycles. The van der Waals surface area contributed by atoms with E-state index in [1.54, 1.807) is 6.07 Å². The smallest absolute Gasteiger partial charge is 0.258 e. The van der Waals surface area contributed by atoms with Crippen molar-refractivity contribution in [3.63, 3.8) is 0 Å². The molecule has 1 aliphatic rings. The van der Waals surface area contributed by atoms with Gasteiger partial charge in [0.2, 0.25) is 0 Å². The van der Waals surface area contributed by atoms with Crippen LogP contribution in [0.2, 0.25) is 0 Å². The molecule has 7 heteroatoms. The van der Waals surface area contributed by atoms with Crippen molar-refractivity contribution in [1.82, 2.24) is 14.9 Å². The van der Waals surface area contributed by atoms with E-state index in [1.165, 1.54) is 0 Å². The summed E-state index contributed by atoms with van der Waals surface area (Å²) in [7, 11) is 0. The van der Waals surface area contributed by atoms with Crippen LogP contribution in [-0.2, 0) is 11.3 Å². The average Bonchev–Trinajstić information content (AvgIpc) is 2.39. The number of nitrogens with zero attached hydrogens (tertiary/aromatic N) is 2. The van der Waals surface area contributed by atoms with Gasteiger partial charge in [0.05, 0.1) is 29.7 Å². The molecule has 0 amide bonds. The number of aromatic nitrogens is 2. The molecule has 0 unspecified atom stereocenters. The number of halogens is 2. The van der Waals surface area contributed by atoms with Crippen molar-refractivity contribution in [3.8, 4) is 0 Å². The summed E-state index contributed by atoms with van der Waals surface area (Å²) in [5, 5.41) is 0.578. The first-order valence-electron chi connectivity index (χ1n) is 7.18. The summed E-state index contributed by atoms with van der Waals surface area (Å²) in [4.78, 5) is 22.1. The van der Waals surface area contributed by atoms with Gasteiger partial charge in [0.1, 0.15) is 5.82 Å². The van der Waals surface area contributed by atoms with E-state index in [1.807, 2.05) is 6.07 Å². The van der Waals surface area contributed by atoms with Crippen LogP contribution in [0.15, 0.2) is 25.9 Å². The van der Waals surface area contributed by atoms with Gasteiger partial charge in [-0.1, -0.05) is 15.9 Å². The number of rotatable bonds is 2. The molecule has 1 aliphatic heterocycles. The highest BCUT2D eigenvalue weighted by atomic mass is 79.9. The number of fused-ring (bicyclic) bond motifs is 1. The van der Waals surface area contributed by atoms with E-state index in [0.717, 1.165) is 22.0 Å². The van der Waals surface area contributed by atoms with Gasteiger partial charge in [-0.3, -0.25) is 9.69 Å². The molecule has 0 spiro atoms. The van der Waals surface area contributed by atoms with Gasteiger partial charge in [-0.05, 0) is 41.9 Å². The van der Waals surface area contributed by atoms with Gasteiger partial charge in [0, 0.05) is 22.0 Å². The molecule has 1 N–H and O–H groups in total. The quantitative estimate of drug-likeness (QED) is 0.795. The lowest BCUT2D eigenvalue weighted by Crippen LogP contribution is -2.45. The molecule has 0 saturated carbocycles. The van der Waals surface area contributed by atoms with Crippen molar-refractivity contribution in [1.29, 1.82) is 0 Å².